The number of nitrogens with one attached hydrogen (secondary N) is 1. The highest BCUT2D eigenvalue weighted by molar-refractivity contribution is 5.94. The maximum absolute atomic E-state index is 13.7. The lowest BCUT2D eigenvalue weighted by Gasteiger charge is -2.21. The van der Waals surface area contributed by atoms with Gasteiger partial charge in [-0.25, -0.2) is 17.6 Å². The molecular weight excluding hydrogens is 336 g/mol. The van der Waals surface area contributed by atoms with E-state index in [-0.39, 0.29) is 18.5 Å². The van der Waals surface area contributed by atoms with Crippen molar-refractivity contribution in [1.82, 2.24) is 10.2 Å². The number of amides is 1. The van der Waals surface area contributed by atoms with Gasteiger partial charge >= 0.3 is 0 Å². The summed E-state index contributed by atoms with van der Waals surface area (Å²) < 4.78 is 54.0. The van der Waals surface area contributed by atoms with Gasteiger partial charge < -0.3 is 10.2 Å². The van der Waals surface area contributed by atoms with Crippen LogP contribution in [0.1, 0.15) is 23.2 Å². The molecule has 3 rings (SSSR count). The minimum Gasteiger partial charge on any atom is -0.338 e. The molecule has 2 saturated heterocycles. The van der Waals surface area contributed by atoms with Crippen molar-refractivity contribution >= 4 is 18.3 Å². The zero-order valence-electron chi connectivity index (χ0n) is 12.3. The van der Waals surface area contributed by atoms with Crippen LogP contribution in [0.4, 0.5) is 17.6 Å². The van der Waals surface area contributed by atoms with E-state index in [1.807, 2.05) is 0 Å². The standard InChI is InChI=1S/C15H16F4N2O.ClH/c16-10-5-11(17)14(19)12(13(10)18)15(22)21-3-1-8-6-20-7-9(8)2-4-21;/h5,8-9,20H,1-4,6-7H2;1H/t8-,9+;. The molecule has 2 atom stereocenters. The fourth-order valence-corrected chi connectivity index (χ4v) is 3.34. The fraction of sp³-hybridized carbons (Fsp3) is 0.533. The molecule has 0 aromatic heterocycles. The fourth-order valence-electron chi connectivity index (χ4n) is 3.34. The molecule has 1 aromatic rings. The Morgan fingerprint density at radius 3 is 1.96 bits per heavy atom. The Kier molecular flexibility index (Phi) is 5.52. The van der Waals surface area contributed by atoms with Gasteiger partial charge in [0.15, 0.2) is 23.3 Å². The molecule has 8 heteroatoms. The first-order valence-electron chi connectivity index (χ1n) is 7.32. The molecule has 128 valence electrons. The first-order valence-corrected chi connectivity index (χ1v) is 7.32. The Hall–Kier alpha value is -1.34. The maximum Gasteiger partial charge on any atom is 0.260 e. The average molecular weight is 353 g/mol. The Morgan fingerprint density at radius 2 is 1.48 bits per heavy atom. The van der Waals surface area contributed by atoms with E-state index in [1.54, 1.807) is 0 Å². The second-order valence-electron chi connectivity index (χ2n) is 5.89. The van der Waals surface area contributed by atoms with Crippen LogP contribution in [0.15, 0.2) is 6.07 Å². The third-order valence-corrected chi connectivity index (χ3v) is 4.63. The average Bonchev–Trinajstić information content (AvgIpc) is 2.84. The number of hydrogen-bond acceptors (Lipinski definition) is 2. The summed E-state index contributed by atoms with van der Waals surface area (Å²) in [4.78, 5) is 13.6. The molecule has 23 heavy (non-hydrogen) atoms. The molecular formula is C15H17ClF4N2O. The molecule has 0 spiro atoms. The number of halogens is 5. The Bertz CT molecular complexity index is 573. The molecule has 0 bridgehead atoms. The summed E-state index contributed by atoms with van der Waals surface area (Å²) in [6.45, 7) is 2.39. The molecule has 1 N–H and O–H groups in total. The molecule has 1 aromatic carbocycles. The van der Waals surface area contributed by atoms with Crippen LogP contribution < -0.4 is 5.32 Å². The summed E-state index contributed by atoms with van der Waals surface area (Å²) in [6, 6.07) is 0.111. The third-order valence-electron chi connectivity index (χ3n) is 4.63. The number of hydrogen-bond donors (Lipinski definition) is 1. The first-order chi connectivity index (χ1) is 10.5. The number of carbonyl (C=O) groups excluding carboxylic acids is 1. The second kappa shape index (κ2) is 7.05. The second-order valence-corrected chi connectivity index (χ2v) is 5.89. The van der Waals surface area contributed by atoms with Gasteiger partial charge in [-0.2, -0.15) is 0 Å². The van der Waals surface area contributed by atoms with E-state index >= 15 is 0 Å². The highest BCUT2D eigenvalue weighted by Gasteiger charge is 2.34. The van der Waals surface area contributed by atoms with E-state index in [2.05, 4.69) is 5.32 Å². The molecule has 0 radical (unpaired) electrons. The molecule has 0 aliphatic carbocycles. The van der Waals surface area contributed by atoms with Crippen molar-refractivity contribution in [3.63, 3.8) is 0 Å². The Balaban J connectivity index is 0.00000192. The Morgan fingerprint density at radius 1 is 1.00 bits per heavy atom. The zero-order chi connectivity index (χ0) is 15.9. The molecule has 2 aliphatic heterocycles. The predicted octanol–water partition coefficient (Wildman–Crippen LogP) is 2.74. The van der Waals surface area contributed by atoms with Gasteiger partial charge in [0.1, 0.15) is 5.56 Å². The zero-order valence-corrected chi connectivity index (χ0v) is 13.1. The molecule has 2 fully saturated rings. The largest absolute Gasteiger partial charge is 0.338 e. The number of benzene rings is 1. The molecule has 2 aliphatic rings. The highest BCUT2D eigenvalue weighted by Crippen LogP contribution is 2.29. The van der Waals surface area contributed by atoms with Crippen molar-refractivity contribution in [1.29, 1.82) is 0 Å². The van der Waals surface area contributed by atoms with Crippen LogP contribution in [0.25, 0.3) is 0 Å². The highest BCUT2D eigenvalue weighted by atomic mass is 35.5. The monoisotopic (exact) mass is 352 g/mol. The van der Waals surface area contributed by atoms with Crippen LogP contribution >= 0.6 is 12.4 Å². The SMILES string of the molecule is Cl.O=C(c1c(F)c(F)cc(F)c1F)N1CC[C@@H]2CNC[C@@H]2CC1. The Labute approximate surface area is 137 Å². The van der Waals surface area contributed by atoms with Gasteiger partial charge in [-0.15, -0.1) is 12.4 Å². The van der Waals surface area contributed by atoms with Crippen molar-refractivity contribution in [3.05, 3.63) is 34.9 Å². The van der Waals surface area contributed by atoms with E-state index < -0.39 is 34.7 Å². The molecule has 2 heterocycles. The number of likely N-dealkylation sites (tertiary alicyclic amines) is 1. The van der Waals surface area contributed by atoms with E-state index in [0.29, 0.717) is 37.8 Å². The summed E-state index contributed by atoms with van der Waals surface area (Å²) in [5, 5.41) is 3.28. The quantitative estimate of drug-likeness (QED) is 0.622. The summed E-state index contributed by atoms with van der Waals surface area (Å²) >= 11 is 0. The lowest BCUT2D eigenvalue weighted by atomic mass is 9.92. The van der Waals surface area contributed by atoms with Crippen LogP contribution in [-0.2, 0) is 0 Å². The van der Waals surface area contributed by atoms with E-state index in [9.17, 15) is 22.4 Å². The van der Waals surface area contributed by atoms with Crippen LogP contribution in [0.3, 0.4) is 0 Å². The van der Waals surface area contributed by atoms with Crippen LogP contribution in [-0.4, -0.2) is 37.0 Å². The van der Waals surface area contributed by atoms with Gasteiger partial charge in [0.05, 0.1) is 0 Å². The number of fused-ring (bicyclic) bond motifs is 1. The summed E-state index contributed by atoms with van der Waals surface area (Å²) in [5.41, 5.74) is -1.14. The van der Waals surface area contributed by atoms with Crippen molar-refractivity contribution in [2.75, 3.05) is 26.2 Å². The first kappa shape index (κ1) is 18.0. The minimum atomic E-state index is -1.63. The van der Waals surface area contributed by atoms with Crippen LogP contribution in [0.5, 0.6) is 0 Å². The van der Waals surface area contributed by atoms with Crippen molar-refractivity contribution in [2.24, 2.45) is 11.8 Å². The van der Waals surface area contributed by atoms with Gasteiger partial charge in [0.2, 0.25) is 0 Å². The van der Waals surface area contributed by atoms with Crippen LogP contribution in [0.2, 0.25) is 0 Å². The van der Waals surface area contributed by atoms with Crippen molar-refractivity contribution in [3.8, 4) is 0 Å². The topological polar surface area (TPSA) is 32.3 Å². The van der Waals surface area contributed by atoms with Gasteiger partial charge in [-0.3, -0.25) is 4.79 Å². The lowest BCUT2D eigenvalue weighted by molar-refractivity contribution is 0.0746. The molecule has 1 amide bonds. The van der Waals surface area contributed by atoms with Crippen molar-refractivity contribution in [2.45, 2.75) is 12.8 Å². The molecule has 0 saturated carbocycles. The van der Waals surface area contributed by atoms with Gasteiger partial charge in [-0.1, -0.05) is 0 Å². The minimum absolute atomic E-state index is 0. The van der Waals surface area contributed by atoms with Gasteiger partial charge in [0.25, 0.3) is 5.91 Å². The summed E-state index contributed by atoms with van der Waals surface area (Å²) in [5.74, 6) is -6.50. The van der Waals surface area contributed by atoms with E-state index in [0.717, 1.165) is 13.1 Å². The lowest BCUT2D eigenvalue weighted by Crippen LogP contribution is -2.34. The molecule has 3 nitrogen and oxygen atoms in total. The third kappa shape index (κ3) is 3.30. The number of carbonyl (C=O) groups is 1. The normalized spacial score (nSPS) is 23.9. The van der Waals surface area contributed by atoms with E-state index in [4.69, 9.17) is 0 Å². The number of rotatable bonds is 1. The number of nitrogens with zero attached hydrogens (tertiary/aromatic N) is 1. The van der Waals surface area contributed by atoms with Crippen LogP contribution in [0, 0.1) is 35.1 Å². The maximum atomic E-state index is 13.7. The van der Waals surface area contributed by atoms with Gasteiger partial charge in [0, 0.05) is 19.2 Å². The smallest absolute Gasteiger partial charge is 0.260 e. The van der Waals surface area contributed by atoms with Gasteiger partial charge in [-0.05, 0) is 37.8 Å². The van der Waals surface area contributed by atoms with E-state index in [1.165, 1.54) is 4.90 Å². The summed E-state index contributed by atoms with van der Waals surface area (Å²) in [6.07, 6.45) is 1.43. The summed E-state index contributed by atoms with van der Waals surface area (Å²) in [7, 11) is 0. The molecule has 0 unspecified atom stereocenters. The predicted molar refractivity (Wildman–Crippen MR) is 78.5 cm³/mol. The van der Waals surface area contributed by atoms with Crippen molar-refractivity contribution < 1.29 is 22.4 Å².